The molecule has 1 atom stereocenters. The van der Waals surface area contributed by atoms with Gasteiger partial charge in [0.25, 0.3) is 5.91 Å². The van der Waals surface area contributed by atoms with Crippen molar-refractivity contribution in [1.29, 1.82) is 0 Å². The van der Waals surface area contributed by atoms with Crippen molar-refractivity contribution in [2.45, 2.75) is 70.0 Å². The van der Waals surface area contributed by atoms with Gasteiger partial charge in [0.05, 0.1) is 32.1 Å². The molecule has 0 spiro atoms. The van der Waals surface area contributed by atoms with Gasteiger partial charge in [-0.15, -0.1) is 24.5 Å². The fourth-order valence-electron chi connectivity index (χ4n) is 8.31. The van der Waals surface area contributed by atoms with Gasteiger partial charge in [-0.3, -0.25) is 19.1 Å². The Hall–Kier alpha value is -4.22. The number of piperazine rings is 1. The number of pyridine rings is 2. The number of carbonyl (C=O) groups is 2. The molecule has 2 amide bonds. The van der Waals surface area contributed by atoms with Gasteiger partial charge in [0.1, 0.15) is 27.7 Å². The van der Waals surface area contributed by atoms with E-state index in [0.717, 1.165) is 5.57 Å². The molecule has 272 valence electrons. The van der Waals surface area contributed by atoms with Gasteiger partial charge in [0.15, 0.2) is 17.1 Å². The van der Waals surface area contributed by atoms with E-state index in [4.69, 9.17) is 14.5 Å². The van der Waals surface area contributed by atoms with Crippen LogP contribution in [-0.2, 0) is 33.7 Å². The topological polar surface area (TPSA) is 148 Å². The molecule has 6 aliphatic rings. The van der Waals surface area contributed by atoms with Gasteiger partial charge in [-0.25, -0.2) is 9.97 Å². The van der Waals surface area contributed by atoms with Crippen molar-refractivity contribution in [1.82, 2.24) is 24.8 Å². The van der Waals surface area contributed by atoms with E-state index in [1.54, 1.807) is 9.47 Å². The molecule has 2 bridgehead atoms. The van der Waals surface area contributed by atoms with Crippen LogP contribution in [0.3, 0.4) is 0 Å². The van der Waals surface area contributed by atoms with Crippen LogP contribution in [0.2, 0.25) is 0 Å². The second-order valence-corrected chi connectivity index (χ2v) is 14.8. The van der Waals surface area contributed by atoms with Gasteiger partial charge in [-0.05, 0) is 43.6 Å². The molecule has 17 heteroatoms. The molecular weight excluding hydrogens is 693 g/mol. The highest BCUT2D eigenvalue weighted by molar-refractivity contribution is 7.19. The number of nitrogens with zero attached hydrogens (tertiary/aromatic N) is 5. The Kier molecular flexibility index (Phi) is 8.49. The number of fused-ring (bicyclic) bond motifs is 3. The highest BCUT2D eigenvalue weighted by Gasteiger charge is 2.59. The van der Waals surface area contributed by atoms with Crippen LogP contribution in [0.25, 0.3) is 15.9 Å². The standard InChI is InChI=1S/C34H37F3N6O7S/c1-2-21-26(41-6-8-42(9-7-41)32(47)25-27(45)20-5-12-49-23(20)16-38-25)28(46)29-30(39-31(51-29)18-3-10-48-11-4-18)43(21)17-24(44)40-33-13-19(14-33)22(15-33)50-34(35,36)37/h3,16,19,22,45H,2,4-15,17H2,1H3,(H,40,44). The second-order valence-electron chi connectivity index (χ2n) is 13.8. The lowest BCUT2D eigenvalue weighted by Gasteiger charge is -2.39. The molecule has 6 heterocycles. The minimum absolute atomic E-state index is 0.0351. The molecule has 1 unspecified atom stereocenters. The number of aromatic hydroxyl groups is 1. The molecule has 1 saturated heterocycles. The highest BCUT2D eigenvalue weighted by atomic mass is 32.1. The lowest BCUT2D eigenvalue weighted by atomic mass is 9.77. The number of nitrogens with one attached hydrogen (secondary N) is 1. The van der Waals surface area contributed by atoms with Gasteiger partial charge < -0.3 is 34.3 Å². The van der Waals surface area contributed by atoms with E-state index in [9.17, 15) is 32.7 Å². The van der Waals surface area contributed by atoms with Crippen molar-refractivity contribution in [3.63, 3.8) is 0 Å². The summed E-state index contributed by atoms with van der Waals surface area (Å²) in [7, 11) is 0. The maximum Gasteiger partial charge on any atom is 0.522 e. The third-order valence-corrected chi connectivity index (χ3v) is 11.8. The molecule has 2 N–H and O–H groups in total. The van der Waals surface area contributed by atoms with Crippen molar-refractivity contribution in [3.8, 4) is 11.5 Å². The maximum absolute atomic E-state index is 14.3. The number of anilines is 1. The number of carbonyl (C=O) groups excluding carboxylic acids is 2. The molecule has 3 aliphatic heterocycles. The third kappa shape index (κ3) is 6.12. The number of hydrogen-bond donors (Lipinski definition) is 2. The van der Waals surface area contributed by atoms with Crippen LogP contribution in [0, 0.1) is 5.92 Å². The molecular formula is C34H37F3N6O7S. The van der Waals surface area contributed by atoms with Crippen LogP contribution in [0.5, 0.6) is 11.5 Å². The SMILES string of the molecule is CCc1c(N2CCN(C(=O)c3ncc4c(c3O)CCO4)CC2)c(=O)c2sc(C3=CCOCC3)nc2n1CC(=O)NC12CC(C1)C(OC(F)(F)F)C2. The summed E-state index contributed by atoms with van der Waals surface area (Å²) >= 11 is 1.27. The first-order valence-corrected chi connectivity index (χ1v) is 18.0. The number of aromatic nitrogens is 3. The average molecular weight is 731 g/mol. The Labute approximate surface area is 294 Å². The third-order valence-electron chi connectivity index (χ3n) is 10.7. The minimum Gasteiger partial charge on any atom is -0.505 e. The lowest BCUT2D eigenvalue weighted by Crippen LogP contribution is -2.53. The summed E-state index contributed by atoms with van der Waals surface area (Å²) in [4.78, 5) is 54.1. The summed E-state index contributed by atoms with van der Waals surface area (Å²) in [5.74, 6) is -0.754. The minimum atomic E-state index is -4.74. The van der Waals surface area contributed by atoms with E-state index >= 15 is 0 Å². The highest BCUT2D eigenvalue weighted by Crippen LogP contribution is 2.54. The number of halogens is 3. The Balaban J connectivity index is 1.08. The molecule has 3 saturated carbocycles. The van der Waals surface area contributed by atoms with Crippen LogP contribution in [-0.4, -0.2) is 100 Å². The molecule has 9 rings (SSSR count). The zero-order valence-corrected chi connectivity index (χ0v) is 28.7. The van der Waals surface area contributed by atoms with Crippen molar-refractivity contribution in [3.05, 3.63) is 44.5 Å². The number of amides is 2. The van der Waals surface area contributed by atoms with E-state index in [-0.39, 0.29) is 54.8 Å². The Morgan fingerprint density at radius 2 is 1.94 bits per heavy atom. The van der Waals surface area contributed by atoms with Gasteiger partial charge in [0, 0.05) is 49.4 Å². The smallest absolute Gasteiger partial charge is 0.505 e. The van der Waals surface area contributed by atoms with Gasteiger partial charge >= 0.3 is 6.36 Å². The summed E-state index contributed by atoms with van der Waals surface area (Å²) in [6, 6.07) is 0. The summed E-state index contributed by atoms with van der Waals surface area (Å²) in [6.45, 7) is 4.25. The average Bonchev–Trinajstić information content (AvgIpc) is 3.88. The van der Waals surface area contributed by atoms with Crippen LogP contribution in [0.15, 0.2) is 17.1 Å². The number of hydrogen-bond acceptors (Lipinski definition) is 11. The monoisotopic (exact) mass is 730 g/mol. The normalized spacial score (nSPS) is 24.3. The summed E-state index contributed by atoms with van der Waals surface area (Å²) in [5, 5.41) is 14.4. The first-order chi connectivity index (χ1) is 24.4. The van der Waals surface area contributed by atoms with Crippen LogP contribution in [0.4, 0.5) is 18.9 Å². The van der Waals surface area contributed by atoms with Crippen molar-refractivity contribution in [2.75, 3.05) is 50.9 Å². The molecule has 3 aromatic heterocycles. The van der Waals surface area contributed by atoms with Crippen LogP contribution >= 0.6 is 11.3 Å². The van der Waals surface area contributed by atoms with Gasteiger partial charge in [-0.2, -0.15) is 0 Å². The summed E-state index contributed by atoms with van der Waals surface area (Å²) < 4.78 is 56.3. The first-order valence-electron chi connectivity index (χ1n) is 17.2. The Morgan fingerprint density at radius 1 is 1.16 bits per heavy atom. The summed E-state index contributed by atoms with van der Waals surface area (Å²) in [6.07, 6.45) is 0.0871. The van der Waals surface area contributed by atoms with Crippen molar-refractivity contribution in [2.24, 2.45) is 5.92 Å². The van der Waals surface area contributed by atoms with Crippen LogP contribution in [0.1, 0.15) is 59.4 Å². The Bertz CT molecular complexity index is 2000. The van der Waals surface area contributed by atoms with Gasteiger partial charge in [-0.1, -0.05) is 13.0 Å². The zero-order chi connectivity index (χ0) is 35.7. The Morgan fingerprint density at radius 3 is 2.65 bits per heavy atom. The van der Waals surface area contributed by atoms with E-state index < -0.39 is 23.9 Å². The van der Waals surface area contributed by atoms with Gasteiger partial charge in [0.2, 0.25) is 11.3 Å². The predicted molar refractivity (Wildman–Crippen MR) is 179 cm³/mol. The zero-order valence-electron chi connectivity index (χ0n) is 27.9. The summed E-state index contributed by atoms with van der Waals surface area (Å²) in [5.41, 5.74) is 1.93. The molecule has 51 heavy (non-hydrogen) atoms. The molecule has 3 aromatic rings. The van der Waals surface area contributed by atoms with E-state index in [1.165, 1.54) is 17.5 Å². The first kappa shape index (κ1) is 33.9. The molecule has 13 nitrogen and oxygen atoms in total. The van der Waals surface area contributed by atoms with E-state index in [2.05, 4.69) is 15.0 Å². The maximum atomic E-state index is 14.3. The quantitative estimate of drug-likeness (QED) is 0.354. The van der Waals surface area contributed by atoms with Crippen molar-refractivity contribution >= 4 is 44.8 Å². The van der Waals surface area contributed by atoms with Crippen molar-refractivity contribution < 1.29 is 42.1 Å². The number of ether oxygens (including phenoxy) is 3. The second kappa shape index (κ2) is 12.8. The molecule has 0 radical (unpaired) electrons. The molecule has 0 aromatic carbocycles. The number of rotatable bonds is 8. The molecule has 4 fully saturated rings. The van der Waals surface area contributed by atoms with E-state index in [0.29, 0.717) is 103 Å². The largest absolute Gasteiger partial charge is 0.522 e. The lowest BCUT2D eigenvalue weighted by molar-refractivity contribution is -0.344. The molecule has 3 aliphatic carbocycles. The van der Waals surface area contributed by atoms with Crippen LogP contribution < -0.4 is 20.4 Å². The number of thiazole rings is 1. The van der Waals surface area contributed by atoms with E-state index in [1.807, 2.05) is 17.9 Å². The predicted octanol–water partition coefficient (Wildman–Crippen LogP) is 3.40. The fraction of sp³-hybridized carbons (Fsp3) is 0.559. The number of alkyl halides is 3. The fourth-order valence-corrected chi connectivity index (χ4v) is 9.39.